The van der Waals surface area contributed by atoms with Crippen molar-refractivity contribution in [1.29, 1.82) is 0 Å². The topological polar surface area (TPSA) is 73.3 Å². The maximum Gasteiger partial charge on any atom is 0.387 e. The first-order valence-corrected chi connectivity index (χ1v) is 9.37. The Hall–Kier alpha value is -3.23. The second kappa shape index (κ2) is 11.7. The van der Waals surface area contributed by atoms with E-state index in [0.717, 1.165) is 5.56 Å². The molecule has 0 saturated heterocycles. The number of methoxy groups -OCH3 is 2. The van der Waals surface area contributed by atoms with Crippen molar-refractivity contribution in [2.45, 2.75) is 26.6 Å². The summed E-state index contributed by atoms with van der Waals surface area (Å²) in [4.78, 5) is 4.17. The van der Waals surface area contributed by atoms with Crippen molar-refractivity contribution in [1.82, 2.24) is 10.6 Å². The molecule has 2 N–H and O–H groups in total. The Morgan fingerprint density at radius 2 is 1.73 bits per heavy atom. The summed E-state index contributed by atoms with van der Waals surface area (Å²) in [6, 6.07) is 10.5. The van der Waals surface area contributed by atoms with Gasteiger partial charge in [0.2, 0.25) is 0 Å². The van der Waals surface area contributed by atoms with Crippen LogP contribution in [0.3, 0.4) is 0 Å². The molecular weight excluding hydrogens is 396 g/mol. The van der Waals surface area contributed by atoms with Crippen LogP contribution in [0.2, 0.25) is 0 Å². The lowest BCUT2D eigenvalue weighted by molar-refractivity contribution is -0.0520. The second-order valence-corrected chi connectivity index (χ2v) is 6.01. The average molecular weight is 423 g/mol. The molecule has 0 aliphatic carbocycles. The Balaban J connectivity index is 2.07. The normalized spacial score (nSPS) is 11.2. The van der Waals surface area contributed by atoms with Gasteiger partial charge in [-0.15, -0.1) is 0 Å². The van der Waals surface area contributed by atoms with E-state index in [2.05, 4.69) is 20.4 Å². The van der Waals surface area contributed by atoms with Crippen molar-refractivity contribution in [2.24, 2.45) is 4.99 Å². The fourth-order valence-electron chi connectivity index (χ4n) is 2.77. The molecule has 9 heteroatoms. The maximum atomic E-state index is 12.9. The zero-order valence-corrected chi connectivity index (χ0v) is 17.5. The van der Waals surface area contributed by atoms with Crippen molar-refractivity contribution in [2.75, 3.05) is 27.9 Å². The van der Waals surface area contributed by atoms with Crippen molar-refractivity contribution in [3.05, 3.63) is 47.5 Å². The number of ether oxygens (including phenoxy) is 4. The van der Waals surface area contributed by atoms with Crippen LogP contribution < -0.4 is 29.6 Å². The van der Waals surface area contributed by atoms with E-state index in [1.54, 1.807) is 52.5 Å². The first kappa shape index (κ1) is 23.1. The maximum absolute atomic E-state index is 12.9. The van der Waals surface area contributed by atoms with Crippen molar-refractivity contribution >= 4 is 5.96 Å². The fraction of sp³-hybridized carbons (Fsp3) is 0.381. The molecule has 2 rings (SSSR count). The van der Waals surface area contributed by atoms with E-state index in [4.69, 9.17) is 14.2 Å². The van der Waals surface area contributed by atoms with E-state index in [-0.39, 0.29) is 18.0 Å². The number of nitrogens with zero attached hydrogens (tertiary/aromatic N) is 1. The summed E-state index contributed by atoms with van der Waals surface area (Å²) in [7, 11) is 4.79. The SMILES string of the molecule is CCOc1cccc(CNC(=NC)NCc2ccc(OC)cc2OC)c1OC(F)F. The molecule has 0 fully saturated rings. The molecule has 0 aliphatic rings. The van der Waals surface area contributed by atoms with Crippen LogP contribution in [-0.4, -0.2) is 40.4 Å². The third-order valence-corrected chi connectivity index (χ3v) is 4.18. The van der Waals surface area contributed by atoms with Gasteiger partial charge in [0.25, 0.3) is 0 Å². The molecule has 0 amide bonds. The third kappa shape index (κ3) is 6.40. The summed E-state index contributed by atoms with van der Waals surface area (Å²) in [5.41, 5.74) is 1.42. The van der Waals surface area contributed by atoms with Crippen LogP contribution in [0.15, 0.2) is 41.4 Å². The molecule has 0 atom stereocenters. The van der Waals surface area contributed by atoms with Gasteiger partial charge in [-0.1, -0.05) is 12.1 Å². The van der Waals surface area contributed by atoms with E-state index in [9.17, 15) is 8.78 Å². The first-order valence-electron chi connectivity index (χ1n) is 9.37. The molecule has 0 bridgehead atoms. The molecule has 2 aromatic carbocycles. The molecule has 2 aromatic rings. The van der Waals surface area contributed by atoms with Crippen LogP contribution >= 0.6 is 0 Å². The molecule has 0 unspecified atom stereocenters. The van der Waals surface area contributed by atoms with Crippen LogP contribution in [0.25, 0.3) is 0 Å². The lowest BCUT2D eigenvalue weighted by atomic mass is 10.2. The van der Waals surface area contributed by atoms with Crippen LogP contribution in [-0.2, 0) is 13.1 Å². The standard InChI is InChI=1S/C21H27F2N3O4/c1-5-29-17-8-6-7-15(19(17)30-20(22)23)13-26-21(24-2)25-12-14-9-10-16(27-3)11-18(14)28-4/h6-11,20H,5,12-13H2,1-4H3,(H2,24,25,26). The summed E-state index contributed by atoms with van der Waals surface area (Å²) in [5, 5.41) is 6.26. The molecule has 0 aliphatic heterocycles. The lowest BCUT2D eigenvalue weighted by Gasteiger charge is -2.17. The second-order valence-electron chi connectivity index (χ2n) is 6.01. The minimum Gasteiger partial charge on any atom is -0.497 e. The van der Waals surface area contributed by atoms with E-state index < -0.39 is 6.61 Å². The van der Waals surface area contributed by atoms with Crippen LogP contribution in [0.5, 0.6) is 23.0 Å². The highest BCUT2D eigenvalue weighted by Gasteiger charge is 2.16. The molecule has 0 aromatic heterocycles. The molecule has 164 valence electrons. The highest BCUT2D eigenvalue weighted by Crippen LogP contribution is 2.32. The number of hydrogen-bond acceptors (Lipinski definition) is 5. The van der Waals surface area contributed by atoms with Gasteiger partial charge in [-0.3, -0.25) is 4.99 Å². The summed E-state index contributed by atoms with van der Waals surface area (Å²) in [6.07, 6.45) is 0. The first-order chi connectivity index (χ1) is 14.5. The number of guanidine groups is 1. The third-order valence-electron chi connectivity index (χ3n) is 4.18. The van der Waals surface area contributed by atoms with Gasteiger partial charge in [0.05, 0.1) is 20.8 Å². The van der Waals surface area contributed by atoms with Crippen molar-refractivity contribution in [3.63, 3.8) is 0 Å². The van der Waals surface area contributed by atoms with E-state index in [1.807, 2.05) is 12.1 Å². The number of nitrogens with one attached hydrogen (secondary N) is 2. The largest absolute Gasteiger partial charge is 0.497 e. The number of benzene rings is 2. The molecule has 0 saturated carbocycles. The van der Waals surface area contributed by atoms with E-state index >= 15 is 0 Å². The lowest BCUT2D eigenvalue weighted by Crippen LogP contribution is -2.36. The Morgan fingerprint density at radius 3 is 2.33 bits per heavy atom. The Bertz CT molecular complexity index is 847. The Morgan fingerprint density at radius 1 is 1.00 bits per heavy atom. The van der Waals surface area contributed by atoms with Crippen molar-refractivity contribution in [3.8, 4) is 23.0 Å². The molecular formula is C21H27F2N3O4. The highest BCUT2D eigenvalue weighted by molar-refractivity contribution is 5.79. The van der Waals surface area contributed by atoms with Gasteiger partial charge in [0.1, 0.15) is 11.5 Å². The summed E-state index contributed by atoms with van der Waals surface area (Å²) in [6.45, 7) is -0.195. The quantitative estimate of drug-likeness (QED) is 0.450. The van der Waals surface area contributed by atoms with Crippen LogP contribution in [0.1, 0.15) is 18.1 Å². The van der Waals surface area contributed by atoms with Gasteiger partial charge in [-0.05, 0) is 25.1 Å². The molecule has 7 nitrogen and oxygen atoms in total. The number of aliphatic imine (C=N–C) groups is 1. The monoisotopic (exact) mass is 423 g/mol. The zero-order valence-electron chi connectivity index (χ0n) is 17.5. The van der Waals surface area contributed by atoms with Gasteiger partial charge < -0.3 is 29.6 Å². The van der Waals surface area contributed by atoms with Gasteiger partial charge in [0.15, 0.2) is 17.5 Å². The van der Waals surface area contributed by atoms with Crippen LogP contribution in [0, 0.1) is 0 Å². The molecule has 30 heavy (non-hydrogen) atoms. The molecule has 0 spiro atoms. The fourth-order valence-corrected chi connectivity index (χ4v) is 2.77. The minimum absolute atomic E-state index is 0.00845. The summed E-state index contributed by atoms with van der Waals surface area (Å²) in [5.74, 6) is 2.13. The average Bonchev–Trinajstić information content (AvgIpc) is 2.75. The van der Waals surface area contributed by atoms with E-state index in [0.29, 0.717) is 36.2 Å². The highest BCUT2D eigenvalue weighted by atomic mass is 19.3. The van der Waals surface area contributed by atoms with Gasteiger partial charge >= 0.3 is 6.61 Å². The predicted octanol–water partition coefficient (Wildman–Crippen LogP) is 3.57. The minimum atomic E-state index is -2.95. The van der Waals surface area contributed by atoms with Gasteiger partial charge in [-0.25, -0.2) is 0 Å². The van der Waals surface area contributed by atoms with Gasteiger partial charge in [0, 0.05) is 37.3 Å². The number of alkyl halides is 2. The molecule has 0 heterocycles. The number of halogens is 2. The Kier molecular flexibility index (Phi) is 8.99. The number of rotatable bonds is 10. The smallest absolute Gasteiger partial charge is 0.387 e. The van der Waals surface area contributed by atoms with Crippen LogP contribution in [0.4, 0.5) is 8.78 Å². The Labute approximate surface area is 175 Å². The van der Waals surface area contributed by atoms with E-state index in [1.165, 1.54) is 0 Å². The predicted molar refractivity (Wildman–Crippen MR) is 111 cm³/mol. The van der Waals surface area contributed by atoms with Crippen molar-refractivity contribution < 1.29 is 27.7 Å². The van der Waals surface area contributed by atoms with Gasteiger partial charge in [-0.2, -0.15) is 8.78 Å². The summed E-state index contributed by atoms with van der Waals surface area (Å²) < 4.78 is 46.4. The summed E-state index contributed by atoms with van der Waals surface area (Å²) >= 11 is 0. The zero-order chi connectivity index (χ0) is 21.9. The molecule has 0 radical (unpaired) electrons. The number of hydrogen-bond donors (Lipinski definition) is 2. The number of para-hydroxylation sites is 1.